The van der Waals surface area contributed by atoms with Crippen LogP contribution >= 0.6 is 11.3 Å². The first-order chi connectivity index (χ1) is 20.7. The number of rotatable bonds is 9. The number of carbonyl (C=O) groups excluding carboxylic acids is 2. The van der Waals surface area contributed by atoms with E-state index in [1.807, 2.05) is 37.3 Å². The third-order valence-electron chi connectivity index (χ3n) is 7.28. The van der Waals surface area contributed by atoms with E-state index in [1.165, 1.54) is 18.4 Å². The molecule has 1 aliphatic rings. The standard InChI is InChI=1S/C34H34N2O6S/c1-6-9-26-29(33(39)41-7-2)30(22-14-12-21(13-15-22)20(3)4)36-31(37)28(43-34(36)35-26)19-25-16-17-27(42-25)23-10-8-11-24(18-23)32(38)40-5/h8,10-20,30H,6-7,9H2,1-5H3/b28-19-. The SMILES string of the molecule is CCCC1=C(C(=O)OCC)C(c2ccc(C(C)C)cc2)n2c(s/c(=C\c3ccc(-c4cccc(C(=O)OC)c4)o3)c2=O)=N1. The predicted molar refractivity (Wildman–Crippen MR) is 166 cm³/mol. The van der Waals surface area contributed by atoms with Crippen LogP contribution in [-0.2, 0) is 14.3 Å². The van der Waals surface area contributed by atoms with Crippen LogP contribution in [0.25, 0.3) is 17.4 Å². The van der Waals surface area contributed by atoms with Gasteiger partial charge in [0, 0.05) is 11.6 Å². The van der Waals surface area contributed by atoms with Gasteiger partial charge in [-0.05, 0) is 54.7 Å². The maximum Gasteiger partial charge on any atom is 0.338 e. The number of ether oxygens (including phenoxy) is 2. The average molecular weight is 599 g/mol. The number of thiazole rings is 1. The van der Waals surface area contributed by atoms with Gasteiger partial charge in [0.25, 0.3) is 5.56 Å². The molecular weight excluding hydrogens is 564 g/mol. The largest absolute Gasteiger partial charge is 0.465 e. The molecule has 0 N–H and O–H groups in total. The van der Waals surface area contributed by atoms with Crippen LogP contribution in [0.3, 0.4) is 0 Å². The summed E-state index contributed by atoms with van der Waals surface area (Å²) in [5.41, 5.74) is 3.85. The summed E-state index contributed by atoms with van der Waals surface area (Å²) < 4.78 is 18.4. The molecule has 2 aromatic carbocycles. The fourth-order valence-corrected chi connectivity index (χ4v) is 6.13. The monoisotopic (exact) mass is 598 g/mol. The first-order valence-electron chi connectivity index (χ1n) is 14.4. The van der Waals surface area contributed by atoms with Crippen molar-refractivity contribution in [2.75, 3.05) is 13.7 Å². The number of allylic oxidation sites excluding steroid dienone is 1. The highest BCUT2D eigenvalue weighted by Crippen LogP contribution is 2.33. The lowest BCUT2D eigenvalue weighted by Gasteiger charge is -2.26. The second kappa shape index (κ2) is 12.8. The Kier molecular flexibility index (Phi) is 8.92. The van der Waals surface area contributed by atoms with Gasteiger partial charge in [0.15, 0.2) is 4.80 Å². The number of furan rings is 1. The van der Waals surface area contributed by atoms with Crippen molar-refractivity contribution in [1.29, 1.82) is 0 Å². The van der Waals surface area contributed by atoms with E-state index in [0.717, 1.165) is 17.5 Å². The molecule has 1 unspecified atom stereocenters. The van der Waals surface area contributed by atoms with Crippen LogP contribution in [0.4, 0.5) is 0 Å². The zero-order valence-electron chi connectivity index (χ0n) is 24.9. The second-order valence-electron chi connectivity index (χ2n) is 10.5. The number of fused-ring (bicyclic) bond motifs is 1. The Labute approximate surface area is 253 Å². The van der Waals surface area contributed by atoms with E-state index in [-0.39, 0.29) is 12.2 Å². The minimum Gasteiger partial charge on any atom is -0.465 e. The number of benzene rings is 2. The van der Waals surface area contributed by atoms with Crippen LogP contribution in [0.5, 0.6) is 0 Å². The lowest BCUT2D eigenvalue weighted by Crippen LogP contribution is -2.40. The van der Waals surface area contributed by atoms with Crippen molar-refractivity contribution in [2.45, 2.75) is 52.5 Å². The van der Waals surface area contributed by atoms with Crippen LogP contribution in [0.1, 0.15) is 79.7 Å². The number of nitrogens with zero attached hydrogens (tertiary/aromatic N) is 2. The zero-order valence-corrected chi connectivity index (χ0v) is 25.7. The van der Waals surface area contributed by atoms with Crippen molar-refractivity contribution in [2.24, 2.45) is 4.99 Å². The summed E-state index contributed by atoms with van der Waals surface area (Å²) in [5, 5.41) is 0. The highest BCUT2D eigenvalue weighted by atomic mass is 32.1. The molecular formula is C34H34N2O6S. The molecule has 43 heavy (non-hydrogen) atoms. The van der Waals surface area contributed by atoms with Gasteiger partial charge in [-0.2, -0.15) is 0 Å². The molecule has 0 radical (unpaired) electrons. The van der Waals surface area contributed by atoms with E-state index in [1.54, 1.807) is 47.9 Å². The molecule has 0 saturated heterocycles. The van der Waals surface area contributed by atoms with Gasteiger partial charge >= 0.3 is 11.9 Å². The van der Waals surface area contributed by atoms with E-state index in [4.69, 9.17) is 18.9 Å². The van der Waals surface area contributed by atoms with E-state index >= 15 is 0 Å². The lowest BCUT2D eigenvalue weighted by atomic mass is 9.92. The molecule has 3 heterocycles. The average Bonchev–Trinajstić information content (AvgIpc) is 3.60. The third-order valence-corrected chi connectivity index (χ3v) is 8.26. The molecule has 5 rings (SSSR count). The van der Waals surface area contributed by atoms with Gasteiger partial charge in [-0.1, -0.05) is 74.9 Å². The Morgan fingerprint density at radius 2 is 1.84 bits per heavy atom. The van der Waals surface area contributed by atoms with Crippen molar-refractivity contribution in [1.82, 2.24) is 4.57 Å². The molecule has 0 spiro atoms. The molecule has 0 amide bonds. The van der Waals surface area contributed by atoms with E-state index in [0.29, 0.717) is 55.6 Å². The number of methoxy groups -OCH3 is 1. The van der Waals surface area contributed by atoms with Crippen molar-refractivity contribution in [3.63, 3.8) is 0 Å². The maximum absolute atomic E-state index is 14.0. The number of carbonyl (C=O) groups is 2. The first kappa shape index (κ1) is 30.0. The zero-order chi connectivity index (χ0) is 30.7. The molecule has 2 aromatic heterocycles. The molecule has 0 aliphatic carbocycles. The Hall–Kier alpha value is -4.50. The van der Waals surface area contributed by atoms with Gasteiger partial charge in [-0.25, -0.2) is 14.6 Å². The van der Waals surface area contributed by atoms with Gasteiger partial charge in [-0.15, -0.1) is 0 Å². The molecule has 8 nitrogen and oxygen atoms in total. The van der Waals surface area contributed by atoms with Crippen LogP contribution < -0.4 is 14.9 Å². The highest BCUT2D eigenvalue weighted by molar-refractivity contribution is 7.07. The van der Waals surface area contributed by atoms with Gasteiger partial charge in [0.05, 0.1) is 41.1 Å². The Morgan fingerprint density at radius 3 is 2.51 bits per heavy atom. The summed E-state index contributed by atoms with van der Waals surface area (Å²) >= 11 is 1.26. The number of hydrogen-bond acceptors (Lipinski definition) is 8. The van der Waals surface area contributed by atoms with E-state index < -0.39 is 18.0 Å². The maximum atomic E-state index is 14.0. The molecule has 1 atom stereocenters. The first-order valence-corrected chi connectivity index (χ1v) is 15.2. The number of hydrogen-bond donors (Lipinski definition) is 0. The van der Waals surface area contributed by atoms with Crippen molar-refractivity contribution in [3.05, 3.63) is 114 Å². The molecule has 4 aromatic rings. The minimum absolute atomic E-state index is 0.217. The van der Waals surface area contributed by atoms with Gasteiger partial charge in [-0.3, -0.25) is 9.36 Å². The Balaban J connectivity index is 1.63. The summed E-state index contributed by atoms with van der Waals surface area (Å²) in [5.74, 6) is 0.454. The van der Waals surface area contributed by atoms with Crippen molar-refractivity contribution in [3.8, 4) is 11.3 Å². The van der Waals surface area contributed by atoms with Gasteiger partial charge < -0.3 is 13.9 Å². The molecule has 1 aliphatic heterocycles. The van der Waals surface area contributed by atoms with Crippen molar-refractivity contribution < 1.29 is 23.5 Å². The fourth-order valence-electron chi connectivity index (χ4n) is 5.13. The topological polar surface area (TPSA) is 100 Å². The highest BCUT2D eigenvalue weighted by Gasteiger charge is 2.34. The van der Waals surface area contributed by atoms with Crippen LogP contribution in [0.15, 0.2) is 86.1 Å². The third kappa shape index (κ3) is 6.03. The summed E-state index contributed by atoms with van der Waals surface area (Å²) in [4.78, 5) is 44.7. The van der Waals surface area contributed by atoms with Crippen LogP contribution in [0, 0.1) is 0 Å². The molecule has 0 bridgehead atoms. The fraction of sp³-hybridized carbons (Fsp3) is 0.294. The normalized spacial score (nSPS) is 14.9. The van der Waals surface area contributed by atoms with Crippen LogP contribution in [0.2, 0.25) is 0 Å². The molecule has 222 valence electrons. The summed E-state index contributed by atoms with van der Waals surface area (Å²) in [7, 11) is 1.34. The minimum atomic E-state index is -0.673. The van der Waals surface area contributed by atoms with Gasteiger partial charge in [0.2, 0.25) is 0 Å². The molecule has 0 fully saturated rings. The van der Waals surface area contributed by atoms with E-state index in [2.05, 4.69) is 13.8 Å². The quantitative estimate of drug-likeness (QED) is 0.228. The van der Waals surface area contributed by atoms with Crippen molar-refractivity contribution >= 4 is 29.4 Å². The number of esters is 2. The van der Waals surface area contributed by atoms with Crippen LogP contribution in [-0.4, -0.2) is 30.2 Å². The Morgan fingerprint density at radius 1 is 1.07 bits per heavy atom. The molecule has 0 saturated carbocycles. The number of aromatic nitrogens is 1. The second-order valence-corrected chi connectivity index (χ2v) is 11.5. The van der Waals surface area contributed by atoms with Gasteiger partial charge in [0.1, 0.15) is 11.5 Å². The summed E-state index contributed by atoms with van der Waals surface area (Å²) in [6, 6.07) is 17.9. The van der Waals surface area contributed by atoms with E-state index in [9.17, 15) is 14.4 Å². The summed E-state index contributed by atoms with van der Waals surface area (Å²) in [6.45, 7) is 8.26. The Bertz CT molecular complexity index is 1870. The lowest BCUT2D eigenvalue weighted by molar-refractivity contribution is -0.139. The summed E-state index contributed by atoms with van der Waals surface area (Å²) in [6.07, 6.45) is 3.04. The smallest absolute Gasteiger partial charge is 0.338 e. The molecule has 9 heteroatoms. The predicted octanol–water partition coefficient (Wildman–Crippen LogP) is 5.75.